The van der Waals surface area contributed by atoms with Crippen molar-refractivity contribution >= 4 is 11.6 Å². The normalized spacial score (nSPS) is 46.8. The molecule has 0 aromatic carbocycles. The van der Waals surface area contributed by atoms with Gasteiger partial charge in [-0.15, -0.1) is 0 Å². The summed E-state index contributed by atoms with van der Waals surface area (Å²) in [5.74, 6) is 0.0731. The molecule has 0 amide bonds. The smallest absolute Gasteiger partial charge is 0.142 e. The van der Waals surface area contributed by atoms with Gasteiger partial charge in [-0.25, -0.2) is 0 Å². The van der Waals surface area contributed by atoms with Crippen LogP contribution in [0.15, 0.2) is 0 Å². The molecule has 2 rings (SSSR count). The summed E-state index contributed by atoms with van der Waals surface area (Å²) < 4.78 is 0. The largest absolute Gasteiger partial charge is 0.388 e. The molecule has 2 atom stereocenters. The van der Waals surface area contributed by atoms with Gasteiger partial charge in [0.2, 0.25) is 0 Å². The van der Waals surface area contributed by atoms with E-state index in [9.17, 15) is 14.7 Å². The van der Waals surface area contributed by atoms with Crippen molar-refractivity contribution < 1.29 is 14.7 Å². The Hall–Kier alpha value is -0.700. The van der Waals surface area contributed by atoms with Crippen LogP contribution in [0.2, 0.25) is 0 Å². The molecular weight excluding hydrogens is 156 g/mol. The molecule has 0 aliphatic heterocycles. The van der Waals surface area contributed by atoms with Crippen LogP contribution in [0.5, 0.6) is 0 Å². The summed E-state index contributed by atoms with van der Waals surface area (Å²) in [5, 5.41) is 9.99. The van der Waals surface area contributed by atoms with Crippen LogP contribution in [0.4, 0.5) is 0 Å². The number of Topliss-reactive ketones (excluding diaryl/α,β-unsaturated/α-hetero) is 2. The van der Waals surface area contributed by atoms with Gasteiger partial charge in [0.25, 0.3) is 0 Å². The van der Waals surface area contributed by atoms with E-state index in [0.717, 1.165) is 0 Å². The van der Waals surface area contributed by atoms with Crippen LogP contribution < -0.4 is 0 Å². The fourth-order valence-electron chi connectivity index (χ4n) is 2.46. The Bertz CT molecular complexity index is 271. The maximum Gasteiger partial charge on any atom is 0.142 e. The fourth-order valence-corrected chi connectivity index (χ4v) is 2.46. The maximum atomic E-state index is 11.4. The lowest BCUT2D eigenvalue weighted by Crippen LogP contribution is -2.40. The Morgan fingerprint density at radius 2 is 2.00 bits per heavy atom. The first-order chi connectivity index (χ1) is 5.48. The van der Waals surface area contributed by atoms with E-state index in [4.69, 9.17) is 0 Å². The highest BCUT2D eigenvalue weighted by Gasteiger charge is 2.62. The molecule has 2 aliphatic carbocycles. The SMILES string of the molecule is CC12CC(=O)CC1(O)CCC2=O. The molecule has 1 N–H and O–H groups in total. The standard InChI is InChI=1S/C9H12O3/c1-8-4-6(10)5-9(8,12)3-2-7(8)11/h12H,2-5H2,1H3. The molecule has 12 heavy (non-hydrogen) atoms. The molecule has 2 saturated carbocycles. The number of hydrogen-bond donors (Lipinski definition) is 1. The number of fused-ring (bicyclic) bond motifs is 1. The van der Waals surface area contributed by atoms with E-state index in [0.29, 0.717) is 12.8 Å². The number of hydrogen-bond acceptors (Lipinski definition) is 3. The van der Waals surface area contributed by atoms with Crippen LogP contribution in [0.3, 0.4) is 0 Å². The molecule has 0 saturated heterocycles. The second kappa shape index (κ2) is 1.96. The first-order valence-corrected chi connectivity index (χ1v) is 4.25. The van der Waals surface area contributed by atoms with Crippen molar-refractivity contribution in [3.05, 3.63) is 0 Å². The summed E-state index contributed by atoms with van der Waals surface area (Å²) in [6.07, 6.45) is 1.31. The average molecular weight is 168 g/mol. The fraction of sp³-hybridized carbons (Fsp3) is 0.778. The monoisotopic (exact) mass is 168 g/mol. The van der Waals surface area contributed by atoms with Crippen LogP contribution in [-0.4, -0.2) is 22.3 Å². The van der Waals surface area contributed by atoms with Gasteiger partial charge in [0, 0.05) is 19.3 Å². The molecule has 0 aromatic heterocycles. The Morgan fingerprint density at radius 3 is 2.58 bits per heavy atom. The van der Waals surface area contributed by atoms with Gasteiger partial charge in [-0.2, -0.15) is 0 Å². The van der Waals surface area contributed by atoms with Crippen LogP contribution in [0.1, 0.15) is 32.6 Å². The van der Waals surface area contributed by atoms with E-state index < -0.39 is 11.0 Å². The predicted octanol–water partition coefficient (Wildman–Crippen LogP) is 0.450. The van der Waals surface area contributed by atoms with E-state index >= 15 is 0 Å². The Labute approximate surface area is 70.8 Å². The molecule has 0 heterocycles. The highest BCUT2D eigenvalue weighted by atomic mass is 16.3. The van der Waals surface area contributed by atoms with Crippen LogP contribution in [0, 0.1) is 5.41 Å². The van der Waals surface area contributed by atoms with Gasteiger partial charge in [-0.05, 0) is 13.3 Å². The molecule has 0 spiro atoms. The van der Waals surface area contributed by atoms with Gasteiger partial charge < -0.3 is 5.11 Å². The van der Waals surface area contributed by atoms with Crippen molar-refractivity contribution in [1.29, 1.82) is 0 Å². The minimum absolute atomic E-state index is 0.0213. The van der Waals surface area contributed by atoms with E-state index in [-0.39, 0.29) is 24.4 Å². The number of carbonyl (C=O) groups is 2. The molecule has 2 fully saturated rings. The summed E-state index contributed by atoms with van der Waals surface area (Å²) in [5.41, 5.74) is -1.77. The van der Waals surface area contributed by atoms with Crippen LogP contribution in [-0.2, 0) is 9.59 Å². The summed E-state index contributed by atoms with van der Waals surface area (Å²) in [7, 11) is 0. The van der Waals surface area contributed by atoms with Crippen molar-refractivity contribution in [3.8, 4) is 0 Å². The van der Waals surface area contributed by atoms with Gasteiger partial charge in [-0.3, -0.25) is 9.59 Å². The molecule has 0 bridgehead atoms. The quantitative estimate of drug-likeness (QED) is 0.571. The second-order valence-electron chi connectivity index (χ2n) is 4.18. The predicted molar refractivity (Wildman–Crippen MR) is 41.5 cm³/mol. The molecular formula is C9H12O3. The maximum absolute atomic E-state index is 11.4. The summed E-state index contributed by atoms with van der Waals surface area (Å²) in [4.78, 5) is 22.5. The molecule has 0 radical (unpaired) electrons. The van der Waals surface area contributed by atoms with Crippen molar-refractivity contribution in [2.24, 2.45) is 5.41 Å². The van der Waals surface area contributed by atoms with Crippen molar-refractivity contribution in [1.82, 2.24) is 0 Å². The van der Waals surface area contributed by atoms with Crippen LogP contribution >= 0.6 is 0 Å². The minimum Gasteiger partial charge on any atom is -0.388 e. The Balaban J connectivity index is 2.45. The number of rotatable bonds is 0. The zero-order valence-electron chi connectivity index (χ0n) is 7.09. The lowest BCUT2D eigenvalue weighted by molar-refractivity contribution is -0.132. The summed E-state index contributed by atoms with van der Waals surface area (Å²) in [6, 6.07) is 0. The first kappa shape index (κ1) is 7.92. The Morgan fingerprint density at radius 1 is 1.33 bits per heavy atom. The molecule has 66 valence electrons. The number of carbonyl (C=O) groups excluding carboxylic acids is 2. The summed E-state index contributed by atoms with van der Waals surface area (Å²) >= 11 is 0. The second-order valence-corrected chi connectivity index (χ2v) is 4.18. The van der Waals surface area contributed by atoms with E-state index in [1.54, 1.807) is 6.92 Å². The highest BCUT2D eigenvalue weighted by Crippen LogP contribution is 2.53. The lowest BCUT2D eigenvalue weighted by Gasteiger charge is -2.29. The van der Waals surface area contributed by atoms with Gasteiger partial charge >= 0.3 is 0 Å². The third-order valence-corrected chi connectivity index (χ3v) is 3.45. The molecule has 3 heteroatoms. The van der Waals surface area contributed by atoms with E-state index in [1.807, 2.05) is 0 Å². The first-order valence-electron chi connectivity index (χ1n) is 4.25. The van der Waals surface area contributed by atoms with E-state index in [1.165, 1.54) is 0 Å². The highest BCUT2D eigenvalue weighted by molar-refractivity contribution is 5.98. The topological polar surface area (TPSA) is 54.4 Å². The van der Waals surface area contributed by atoms with Crippen molar-refractivity contribution in [2.45, 2.75) is 38.2 Å². The number of aliphatic hydroxyl groups is 1. The van der Waals surface area contributed by atoms with Gasteiger partial charge in [0.15, 0.2) is 0 Å². The van der Waals surface area contributed by atoms with Crippen molar-refractivity contribution in [3.63, 3.8) is 0 Å². The Kier molecular flexibility index (Phi) is 1.30. The third kappa shape index (κ3) is 0.698. The van der Waals surface area contributed by atoms with E-state index in [2.05, 4.69) is 0 Å². The molecule has 2 aliphatic rings. The average Bonchev–Trinajstić information content (AvgIpc) is 2.28. The molecule has 0 aromatic rings. The zero-order valence-corrected chi connectivity index (χ0v) is 7.09. The van der Waals surface area contributed by atoms with Gasteiger partial charge in [0.1, 0.15) is 11.6 Å². The van der Waals surface area contributed by atoms with Gasteiger partial charge in [-0.1, -0.05) is 0 Å². The minimum atomic E-state index is -1.01. The van der Waals surface area contributed by atoms with Crippen molar-refractivity contribution in [2.75, 3.05) is 0 Å². The molecule has 2 unspecified atom stereocenters. The zero-order chi connectivity index (χ0) is 8.98. The third-order valence-electron chi connectivity index (χ3n) is 3.45. The number of ketones is 2. The van der Waals surface area contributed by atoms with Gasteiger partial charge in [0.05, 0.1) is 11.0 Å². The lowest BCUT2D eigenvalue weighted by atomic mass is 9.78. The summed E-state index contributed by atoms with van der Waals surface area (Å²) in [6.45, 7) is 1.72. The molecule has 3 nitrogen and oxygen atoms in total. The van der Waals surface area contributed by atoms with Crippen LogP contribution in [0.25, 0.3) is 0 Å².